The van der Waals surface area contributed by atoms with E-state index >= 15 is 8.78 Å². The molecule has 6 aromatic rings. The molecule has 2 aromatic heterocycles. The van der Waals surface area contributed by atoms with E-state index < -0.39 is 33.7 Å². The van der Waals surface area contributed by atoms with E-state index in [2.05, 4.69) is 21.9 Å². The Bertz CT molecular complexity index is 2400. The van der Waals surface area contributed by atoms with Crippen molar-refractivity contribution in [3.05, 3.63) is 130 Å². The molecule has 0 aliphatic rings. The third kappa shape index (κ3) is 7.68. The average molecular weight is 789 g/mol. The molecule has 2 heterocycles. The maximum absolute atomic E-state index is 15.8. The van der Waals surface area contributed by atoms with Gasteiger partial charge in [0.15, 0.2) is 11.6 Å². The number of aliphatic hydroxyl groups excluding tert-OH is 1. The molecule has 0 saturated carbocycles. The summed E-state index contributed by atoms with van der Waals surface area (Å²) in [5, 5.41) is 15.4. The van der Waals surface area contributed by atoms with E-state index in [9.17, 15) is 13.5 Å². The number of ether oxygens (including phenoxy) is 2. The SMILES string of the molecule is C#CC(C)(C)COCCC(c1cccc(Br)c1)n1ccc(-c2cc(Oc3c(F)cc4c(ccn4S(=O)(=O)c4ccc(C)cc4)c3CO)ccc2F)n1. The van der Waals surface area contributed by atoms with Gasteiger partial charge in [0.05, 0.1) is 35.4 Å². The molecule has 1 unspecified atom stereocenters. The fourth-order valence-electron chi connectivity index (χ4n) is 5.84. The second-order valence-corrected chi connectivity index (χ2v) is 15.8. The van der Waals surface area contributed by atoms with Crippen LogP contribution in [-0.4, -0.2) is 40.5 Å². The Balaban J connectivity index is 1.30. The molecule has 0 bridgehead atoms. The van der Waals surface area contributed by atoms with Crippen LogP contribution in [0.5, 0.6) is 11.5 Å². The largest absolute Gasteiger partial charge is 0.454 e. The minimum atomic E-state index is -4.07. The van der Waals surface area contributed by atoms with Gasteiger partial charge in [-0.1, -0.05) is 51.7 Å². The quantitative estimate of drug-likeness (QED) is 0.0928. The van der Waals surface area contributed by atoms with Gasteiger partial charge in [0.25, 0.3) is 10.0 Å². The van der Waals surface area contributed by atoms with Crippen LogP contribution in [0, 0.1) is 36.3 Å². The summed E-state index contributed by atoms with van der Waals surface area (Å²) in [5.74, 6) is 1.01. The Morgan fingerprint density at radius 2 is 1.77 bits per heavy atom. The standard InChI is InChI=1S/C40H36BrF2N3O5S/c1-5-40(3,4)25-50-20-17-37(27-7-6-8-28(41)21-27)45-18-16-36(44-45)32-22-29(11-14-34(32)42)51-39-33(24-47)31-15-19-46(38(31)23-35(39)43)52(48,49)30-12-9-26(2)10-13-30/h1,6-16,18-19,21-23,37,47H,17,20,24-25H2,2-4H3. The first-order valence-electron chi connectivity index (χ1n) is 16.4. The number of rotatable bonds is 13. The van der Waals surface area contributed by atoms with Crippen LogP contribution < -0.4 is 4.74 Å². The third-order valence-electron chi connectivity index (χ3n) is 8.69. The number of hydrogen-bond acceptors (Lipinski definition) is 6. The predicted molar refractivity (Wildman–Crippen MR) is 200 cm³/mol. The van der Waals surface area contributed by atoms with E-state index in [-0.39, 0.29) is 44.5 Å². The van der Waals surface area contributed by atoms with Crippen molar-refractivity contribution >= 4 is 36.9 Å². The molecule has 52 heavy (non-hydrogen) atoms. The molecular weight excluding hydrogens is 752 g/mol. The Morgan fingerprint density at radius 3 is 2.48 bits per heavy atom. The van der Waals surface area contributed by atoms with Crippen LogP contribution in [0.3, 0.4) is 0 Å². The van der Waals surface area contributed by atoms with Crippen molar-refractivity contribution in [3.63, 3.8) is 0 Å². The fraction of sp³-hybridized carbons (Fsp3) is 0.225. The molecule has 0 amide bonds. The lowest BCUT2D eigenvalue weighted by Gasteiger charge is -2.21. The number of halogens is 3. The zero-order valence-electron chi connectivity index (χ0n) is 28.7. The molecule has 268 valence electrons. The Kier molecular flexibility index (Phi) is 10.7. The lowest BCUT2D eigenvalue weighted by atomic mass is 9.96. The van der Waals surface area contributed by atoms with Gasteiger partial charge in [-0.3, -0.25) is 4.68 Å². The molecule has 0 fully saturated rings. The van der Waals surface area contributed by atoms with Gasteiger partial charge in [0.2, 0.25) is 0 Å². The normalized spacial score (nSPS) is 12.6. The molecule has 1 N–H and O–H groups in total. The van der Waals surface area contributed by atoms with Crippen molar-refractivity contribution in [1.29, 1.82) is 0 Å². The summed E-state index contributed by atoms with van der Waals surface area (Å²) in [6, 6.07) is 22.0. The maximum atomic E-state index is 15.8. The third-order valence-corrected chi connectivity index (χ3v) is 10.9. The lowest BCUT2D eigenvalue weighted by Crippen LogP contribution is -2.19. The highest BCUT2D eigenvalue weighted by Gasteiger charge is 2.25. The monoisotopic (exact) mass is 787 g/mol. The van der Waals surface area contributed by atoms with Crippen LogP contribution >= 0.6 is 15.9 Å². The Hall–Kier alpha value is -4.80. The molecule has 6 rings (SSSR count). The van der Waals surface area contributed by atoms with Crippen molar-refractivity contribution < 1.29 is 31.8 Å². The van der Waals surface area contributed by atoms with Gasteiger partial charge in [0.1, 0.15) is 11.6 Å². The zero-order valence-corrected chi connectivity index (χ0v) is 31.1. The predicted octanol–water partition coefficient (Wildman–Crippen LogP) is 9.03. The minimum absolute atomic E-state index is 0.0311. The average Bonchev–Trinajstić information content (AvgIpc) is 3.78. The number of aliphatic hydroxyl groups is 1. The van der Waals surface area contributed by atoms with Gasteiger partial charge in [-0.2, -0.15) is 5.10 Å². The second kappa shape index (κ2) is 15.0. The van der Waals surface area contributed by atoms with Crippen molar-refractivity contribution in [2.75, 3.05) is 13.2 Å². The van der Waals surface area contributed by atoms with Crippen LogP contribution in [0.4, 0.5) is 8.78 Å². The Morgan fingerprint density at radius 1 is 1.00 bits per heavy atom. The van der Waals surface area contributed by atoms with Crippen LogP contribution in [0.1, 0.15) is 43.0 Å². The first kappa shape index (κ1) is 37.0. The molecule has 8 nitrogen and oxygen atoms in total. The van der Waals surface area contributed by atoms with Crippen molar-refractivity contribution in [2.45, 2.75) is 44.7 Å². The van der Waals surface area contributed by atoms with Crippen molar-refractivity contribution in [1.82, 2.24) is 13.8 Å². The van der Waals surface area contributed by atoms with E-state index in [0.717, 1.165) is 25.6 Å². The number of hydrogen-bond donors (Lipinski definition) is 1. The molecule has 1 atom stereocenters. The van der Waals surface area contributed by atoms with Crippen molar-refractivity contribution in [3.8, 4) is 35.1 Å². The molecule has 0 radical (unpaired) electrons. The molecule has 0 aliphatic carbocycles. The highest BCUT2D eigenvalue weighted by atomic mass is 79.9. The first-order valence-corrected chi connectivity index (χ1v) is 18.6. The van der Waals surface area contributed by atoms with Gasteiger partial charge >= 0.3 is 0 Å². The van der Waals surface area contributed by atoms with E-state index in [4.69, 9.17) is 21.0 Å². The summed E-state index contributed by atoms with van der Waals surface area (Å²) in [6.07, 6.45) is 9.23. The fourth-order valence-corrected chi connectivity index (χ4v) is 7.60. The van der Waals surface area contributed by atoms with Gasteiger partial charge in [-0.15, -0.1) is 6.42 Å². The summed E-state index contributed by atoms with van der Waals surface area (Å²) in [5.41, 5.74) is 1.93. The Labute approximate surface area is 309 Å². The second-order valence-electron chi connectivity index (χ2n) is 13.1. The van der Waals surface area contributed by atoms with Gasteiger partial charge in [-0.05, 0) is 87.4 Å². The van der Waals surface area contributed by atoms with Crippen LogP contribution in [0.15, 0.2) is 107 Å². The highest BCUT2D eigenvalue weighted by Crippen LogP contribution is 2.38. The number of benzene rings is 4. The molecule has 12 heteroatoms. The summed E-state index contributed by atoms with van der Waals surface area (Å²) >= 11 is 3.54. The van der Waals surface area contributed by atoms with E-state index in [0.29, 0.717) is 25.3 Å². The topological polar surface area (TPSA) is 95.6 Å². The van der Waals surface area contributed by atoms with Crippen LogP contribution in [0.25, 0.3) is 22.2 Å². The molecule has 0 spiro atoms. The van der Waals surface area contributed by atoms with E-state index in [1.807, 2.05) is 45.0 Å². The van der Waals surface area contributed by atoms with E-state index in [1.54, 1.807) is 29.1 Å². The summed E-state index contributed by atoms with van der Waals surface area (Å²) in [4.78, 5) is 0.0311. The number of fused-ring (bicyclic) bond motifs is 1. The maximum Gasteiger partial charge on any atom is 0.268 e. The number of terminal acetylenes is 1. The molecule has 4 aromatic carbocycles. The molecular formula is C40H36BrF2N3O5S. The summed E-state index contributed by atoms with van der Waals surface area (Å²) in [6.45, 7) is 5.84. The molecule has 0 saturated heterocycles. The summed E-state index contributed by atoms with van der Waals surface area (Å²) in [7, 11) is -4.07. The van der Waals surface area contributed by atoms with Crippen LogP contribution in [-0.2, 0) is 21.4 Å². The smallest absolute Gasteiger partial charge is 0.268 e. The number of aryl methyl sites for hydroxylation is 1. The number of nitrogens with zero attached hydrogens (tertiary/aromatic N) is 3. The van der Waals surface area contributed by atoms with Crippen molar-refractivity contribution in [2.24, 2.45) is 5.41 Å². The van der Waals surface area contributed by atoms with Gasteiger partial charge in [0, 0.05) is 51.5 Å². The minimum Gasteiger partial charge on any atom is -0.454 e. The first-order chi connectivity index (χ1) is 24.8. The van der Waals surface area contributed by atoms with Crippen LogP contribution in [0.2, 0.25) is 0 Å². The number of aromatic nitrogens is 3. The van der Waals surface area contributed by atoms with Gasteiger partial charge < -0.3 is 14.6 Å². The highest BCUT2D eigenvalue weighted by molar-refractivity contribution is 9.10. The van der Waals surface area contributed by atoms with E-state index in [1.165, 1.54) is 42.6 Å². The van der Waals surface area contributed by atoms with Gasteiger partial charge in [-0.25, -0.2) is 21.2 Å². The zero-order chi connectivity index (χ0) is 37.2. The lowest BCUT2D eigenvalue weighted by molar-refractivity contribution is 0.0798. The molecule has 0 aliphatic heterocycles. The summed E-state index contributed by atoms with van der Waals surface area (Å²) < 4.78 is 73.5.